The monoisotopic (exact) mass is 342 g/mol. The van der Waals surface area contributed by atoms with E-state index in [1.807, 2.05) is 13.8 Å². The highest BCUT2D eigenvalue weighted by Crippen LogP contribution is 2.36. The van der Waals surface area contributed by atoms with Crippen molar-refractivity contribution >= 4 is 21.6 Å². The molecule has 1 heterocycles. The maximum Gasteiger partial charge on any atom is 0.232 e. The van der Waals surface area contributed by atoms with Crippen LogP contribution >= 0.6 is 0 Å². The van der Waals surface area contributed by atoms with E-state index in [2.05, 4.69) is 5.32 Å². The third-order valence-electron chi connectivity index (χ3n) is 3.26. The predicted molar refractivity (Wildman–Crippen MR) is 87.3 cm³/mol. The zero-order chi connectivity index (χ0) is 17.0. The lowest BCUT2D eigenvalue weighted by Gasteiger charge is -2.22. The third-order valence-corrected chi connectivity index (χ3v) is 4.45. The molecule has 1 amide bonds. The Balaban J connectivity index is 2.05. The van der Waals surface area contributed by atoms with Crippen molar-refractivity contribution in [2.45, 2.75) is 32.7 Å². The number of anilines is 1. The van der Waals surface area contributed by atoms with Gasteiger partial charge in [0, 0.05) is 25.1 Å². The molecule has 0 saturated heterocycles. The number of nitrogens with one attached hydrogen (secondary N) is 1. The summed E-state index contributed by atoms with van der Waals surface area (Å²) in [7, 11) is -3.45. The van der Waals surface area contributed by atoms with Crippen LogP contribution in [0.3, 0.4) is 0 Å². The highest BCUT2D eigenvalue weighted by Gasteiger charge is 2.21. The molecule has 0 saturated carbocycles. The predicted octanol–water partition coefficient (Wildman–Crippen LogP) is 1.49. The molecule has 1 aromatic carbocycles. The average Bonchev–Trinajstić information content (AvgIpc) is 2.88. The highest BCUT2D eigenvalue weighted by atomic mass is 32.2. The lowest BCUT2D eigenvalue weighted by molar-refractivity contribution is -0.121. The van der Waals surface area contributed by atoms with Crippen molar-refractivity contribution in [2.24, 2.45) is 0 Å². The fourth-order valence-corrected chi connectivity index (χ4v) is 3.26. The van der Waals surface area contributed by atoms with Crippen LogP contribution < -0.4 is 19.1 Å². The summed E-state index contributed by atoms with van der Waals surface area (Å²) in [4.78, 5) is 11.7. The van der Waals surface area contributed by atoms with Gasteiger partial charge >= 0.3 is 0 Å². The number of amides is 1. The second-order valence-corrected chi connectivity index (χ2v) is 7.61. The van der Waals surface area contributed by atoms with Gasteiger partial charge in [0.2, 0.25) is 22.7 Å². The minimum Gasteiger partial charge on any atom is -0.454 e. The number of hydrogen-bond acceptors (Lipinski definition) is 5. The zero-order valence-corrected chi connectivity index (χ0v) is 14.4. The third kappa shape index (κ3) is 4.75. The number of benzene rings is 1. The number of carbonyl (C=O) groups excluding carboxylic acids is 1. The van der Waals surface area contributed by atoms with Crippen molar-refractivity contribution in [3.8, 4) is 11.5 Å². The molecule has 0 unspecified atom stereocenters. The summed E-state index contributed by atoms with van der Waals surface area (Å²) < 4.78 is 35.9. The summed E-state index contributed by atoms with van der Waals surface area (Å²) >= 11 is 0. The summed E-state index contributed by atoms with van der Waals surface area (Å²) in [6.45, 7) is 4.12. The van der Waals surface area contributed by atoms with Crippen molar-refractivity contribution in [1.82, 2.24) is 5.32 Å². The van der Waals surface area contributed by atoms with Gasteiger partial charge in [0.05, 0.1) is 11.9 Å². The molecule has 0 bridgehead atoms. The molecule has 23 heavy (non-hydrogen) atoms. The number of ether oxygens (including phenoxy) is 2. The molecule has 0 aliphatic carbocycles. The van der Waals surface area contributed by atoms with Crippen LogP contribution in [0.1, 0.15) is 26.7 Å². The van der Waals surface area contributed by atoms with Gasteiger partial charge in [-0.25, -0.2) is 8.42 Å². The van der Waals surface area contributed by atoms with Crippen LogP contribution in [0.5, 0.6) is 11.5 Å². The molecule has 0 atom stereocenters. The molecular weight excluding hydrogens is 320 g/mol. The molecule has 8 heteroatoms. The number of carbonyl (C=O) groups is 1. The molecule has 128 valence electrons. The minimum atomic E-state index is -3.45. The van der Waals surface area contributed by atoms with Crippen LogP contribution in [-0.4, -0.2) is 40.0 Å². The Bertz CT molecular complexity index is 672. The zero-order valence-electron chi connectivity index (χ0n) is 13.5. The normalized spacial score (nSPS) is 13.2. The topological polar surface area (TPSA) is 84.9 Å². The summed E-state index contributed by atoms with van der Waals surface area (Å²) in [5, 5.41) is 2.79. The maximum atomic E-state index is 12.0. The minimum absolute atomic E-state index is 0.0716. The highest BCUT2D eigenvalue weighted by molar-refractivity contribution is 7.92. The molecule has 2 rings (SSSR count). The van der Waals surface area contributed by atoms with Gasteiger partial charge in [-0.1, -0.05) is 0 Å². The molecule has 1 N–H and O–H groups in total. The quantitative estimate of drug-likeness (QED) is 0.811. The van der Waals surface area contributed by atoms with Crippen LogP contribution in [0.4, 0.5) is 5.69 Å². The van der Waals surface area contributed by atoms with E-state index >= 15 is 0 Å². The Morgan fingerprint density at radius 2 is 2.00 bits per heavy atom. The van der Waals surface area contributed by atoms with E-state index in [0.29, 0.717) is 23.6 Å². The van der Waals surface area contributed by atoms with Crippen LogP contribution in [0.2, 0.25) is 0 Å². The molecule has 0 fully saturated rings. The Kier molecular flexibility index (Phi) is 5.35. The van der Waals surface area contributed by atoms with Crippen LogP contribution in [0.15, 0.2) is 18.2 Å². The van der Waals surface area contributed by atoms with E-state index in [9.17, 15) is 13.2 Å². The fourth-order valence-electron chi connectivity index (χ4n) is 2.30. The van der Waals surface area contributed by atoms with E-state index in [-0.39, 0.29) is 31.7 Å². The maximum absolute atomic E-state index is 12.0. The summed E-state index contributed by atoms with van der Waals surface area (Å²) in [5.74, 6) is 1.03. The van der Waals surface area contributed by atoms with Crippen molar-refractivity contribution < 1.29 is 22.7 Å². The van der Waals surface area contributed by atoms with Gasteiger partial charge in [-0.15, -0.1) is 0 Å². The lowest BCUT2D eigenvalue weighted by Crippen LogP contribution is -2.33. The first-order valence-electron chi connectivity index (χ1n) is 7.44. The summed E-state index contributed by atoms with van der Waals surface area (Å²) in [6, 6.07) is 5.06. The molecule has 0 aromatic heterocycles. The number of fused-ring (bicyclic) bond motifs is 1. The summed E-state index contributed by atoms with van der Waals surface area (Å²) in [6.07, 6.45) is 1.85. The SMILES string of the molecule is CC(C)NC(=O)CCCN(c1ccc2c(c1)OCO2)S(C)(=O)=O. The van der Waals surface area contributed by atoms with Gasteiger partial charge in [-0.3, -0.25) is 9.10 Å². The first-order valence-corrected chi connectivity index (χ1v) is 9.29. The van der Waals surface area contributed by atoms with Gasteiger partial charge in [0.1, 0.15) is 0 Å². The Hall–Kier alpha value is -1.96. The number of nitrogens with zero attached hydrogens (tertiary/aromatic N) is 1. The van der Waals surface area contributed by atoms with Gasteiger partial charge < -0.3 is 14.8 Å². The van der Waals surface area contributed by atoms with Crippen molar-refractivity contribution in [3.63, 3.8) is 0 Å². The first kappa shape index (κ1) is 17.4. The van der Waals surface area contributed by atoms with Gasteiger partial charge in [-0.2, -0.15) is 0 Å². The standard InChI is InChI=1S/C15H22N2O5S/c1-11(2)16-15(18)5-4-8-17(23(3,19)20)12-6-7-13-14(9-12)22-10-21-13/h6-7,9,11H,4-5,8,10H2,1-3H3,(H,16,18). The van der Waals surface area contributed by atoms with Crippen molar-refractivity contribution in [2.75, 3.05) is 23.9 Å². The van der Waals surface area contributed by atoms with E-state index in [1.165, 1.54) is 4.31 Å². The second-order valence-electron chi connectivity index (χ2n) is 5.70. The number of hydrogen-bond donors (Lipinski definition) is 1. The number of rotatable bonds is 7. The number of sulfonamides is 1. The Morgan fingerprint density at radius 1 is 1.30 bits per heavy atom. The second kappa shape index (κ2) is 7.08. The van der Waals surface area contributed by atoms with E-state index in [1.54, 1.807) is 18.2 Å². The first-order chi connectivity index (χ1) is 10.8. The summed E-state index contributed by atoms with van der Waals surface area (Å²) in [5.41, 5.74) is 0.501. The molecule has 1 aromatic rings. The molecule has 0 spiro atoms. The molecule has 0 radical (unpaired) electrons. The van der Waals surface area contributed by atoms with Crippen molar-refractivity contribution in [3.05, 3.63) is 18.2 Å². The molecule has 1 aliphatic heterocycles. The average molecular weight is 342 g/mol. The van der Waals surface area contributed by atoms with Crippen LogP contribution in [0.25, 0.3) is 0 Å². The molecule has 7 nitrogen and oxygen atoms in total. The molecular formula is C15H22N2O5S. The van der Waals surface area contributed by atoms with Crippen molar-refractivity contribution in [1.29, 1.82) is 0 Å². The lowest BCUT2D eigenvalue weighted by atomic mass is 10.2. The van der Waals surface area contributed by atoms with Crippen LogP contribution in [-0.2, 0) is 14.8 Å². The van der Waals surface area contributed by atoms with Gasteiger partial charge in [0.25, 0.3) is 0 Å². The van der Waals surface area contributed by atoms with Gasteiger partial charge in [-0.05, 0) is 32.4 Å². The molecule has 1 aliphatic rings. The van der Waals surface area contributed by atoms with E-state index in [0.717, 1.165) is 6.26 Å². The van der Waals surface area contributed by atoms with E-state index in [4.69, 9.17) is 9.47 Å². The fraction of sp³-hybridized carbons (Fsp3) is 0.533. The van der Waals surface area contributed by atoms with Crippen LogP contribution in [0, 0.1) is 0 Å². The smallest absolute Gasteiger partial charge is 0.232 e. The Morgan fingerprint density at radius 3 is 2.65 bits per heavy atom. The van der Waals surface area contributed by atoms with Gasteiger partial charge in [0.15, 0.2) is 11.5 Å². The van der Waals surface area contributed by atoms with E-state index < -0.39 is 10.0 Å². The Labute approximate surface area is 136 Å². The largest absolute Gasteiger partial charge is 0.454 e.